The molecule has 0 saturated carbocycles. The molecule has 0 radical (unpaired) electrons. The molecule has 3 aromatic rings. The number of rotatable bonds is 7. The molecule has 1 fully saturated rings. The van der Waals surface area contributed by atoms with Crippen molar-refractivity contribution in [2.45, 2.75) is 31.6 Å². The van der Waals surface area contributed by atoms with E-state index in [-0.39, 0.29) is 30.6 Å². The standard InChI is InChI=1S/C24H24N6O3/c1-2-20(31)28-17-5-3-6-18(13-17)33-21-15-27-24-23(29-21)19(14-26-24)16-8-11-30(12-9-16)22(32)7-4-10-25/h2-3,5-6,13-16H,1,4,7-9,11-12H2,(H,26,27)(H,28,31). The molecule has 4 rings (SSSR count). The molecule has 9 nitrogen and oxygen atoms in total. The van der Waals surface area contributed by atoms with E-state index in [0.29, 0.717) is 36.1 Å². The van der Waals surface area contributed by atoms with Crippen molar-refractivity contribution >= 4 is 28.7 Å². The molecule has 1 saturated heterocycles. The maximum atomic E-state index is 12.2. The second-order valence-corrected chi connectivity index (χ2v) is 7.79. The Balaban J connectivity index is 1.47. The van der Waals surface area contributed by atoms with Crippen molar-refractivity contribution in [3.63, 3.8) is 0 Å². The number of aromatic amines is 1. The molecule has 0 spiro atoms. The minimum absolute atomic E-state index is 0.0379. The van der Waals surface area contributed by atoms with Crippen molar-refractivity contribution in [3.05, 3.63) is 54.9 Å². The zero-order valence-corrected chi connectivity index (χ0v) is 18.1. The van der Waals surface area contributed by atoms with Gasteiger partial charge in [0.25, 0.3) is 0 Å². The maximum absolute atomic E-state index is 12.2. The van der Waals surface area contributed by atoms with Crippen LogP contribution in [0, 0.1) is 11.3 Å². The van der Waals surface area contributed by atoms with Crippen molar-refractivity contribution in [1.82, 2.24) is 19.9 Å². The highest BCUT2D eigenvalue weighted by molar-refractivity contribution is 5.98. The number of likely N-dealkylation sites (tertiary alicyclic amines) is 1. The Kier molecular flexibility index (Phi) is 6.64. The van der Waals surface area contributed by atoms with Gasteiger partial charge in [-0.3, -0.25) is 9.59 Å². The Morgan fingerprint density at radius 2 is 2.18 bits per heavy atom. The summed E-state index contributed by atoms with van der Waals surface area (Å²) in [5, 5.41) is 11.4. The largest absolute Gasteiger partial charge is 0.437 e. The Bertz CT molecular complexity index is 1220. The zero-order chi connectivity index (χ0) is 23.2. The van der Waals surface area contributed by atoms with Crippen molar-refractivity contribution in [1.29, 1.82) is 5.26 Å². The molecule has 1 aliphatic heterocycles. The van der Waals surface area contributed by atoms with E-state index in [1.165, 1.54) is 6.08 Å². The molecule has 0 bridgehead atoms. The Morgan fingerprint density at radius 3 is 2.94 bits per heavy atom. The van der Waals surface area contributed by atoms with Crippen LogP contribution in [-0.2, 0) is 9.59 Å². The quantitative estimate of drug-likeness (QED) is 0.533. The van der Waals surface area contributed by atoms with Crippen LogP contribution in [0.15, 0.2) is 49.3 Å². The molecule has 2 N–H and O–H groups in total. The summed E-state index contributed by atoms with van der Waals surface area (Å²) >= 11 is 0. The van der Waals surface area contributed by atoms with Crippen molar-refractivity contribution in [2.75, 3.05) is 18.4 Å². The maximum Gasteiger partial charge on any atom is 0.247 e. The van der Waals surface area contributed by atoms with Gasteiger partial charge in [0, 0.05) is 49.4 Å². The molecular formula is C24H24N6O3. The Labute approximate surface area is 191 Å². The van der Waals surface area contributed by atoms with Crippen molar-refractivity contribution in [2.24, 2.45) is 0 Å². The lowest BCUT2D eigenvalue weighted by Crippen LogP contribution is -2.37. The lowest BCUT2D eigenvalue weighted by molar-refractivity contribution is -0.132. The van der Waals surface area contributed by atoms with Crippen molar-refractivity contribution < 1.29 is 14.3 Å². The van der Waals surface area contributed by atoms with E-state index in [1.54, 1.807) is 30.5 Å². The lowest BCUT2D eigenvalue weighted by atomic mass is 9.90. The number of nitrogens with zero attached hydrogens (tertiary/aromatic N) is 4. The number of ether oxygens (including phenoxy) is 1. The fraction of sp³-hybridized carbons (Fsp3) is 0.292. The first-order chi connectivity index (χ1) is 16.1. The van der Waals surface area contributed by atoms with Gasteiger partial charge >= 0.3 is 0 Å². The third-order valence-corrected chi connectivity index (χ3v) is 5.64. The highest BCUT2D eigenvalue weighted by Crippen LogP contribution is 2.33. The van der Waals surface area contributed by atoms with Crippen LogP contribution in [0.25, 0.3) is 11.2 Å². The SMILES string of the molecule is C=CC(=O)Nc1cccc(Oc2cnc3[nH]cc(C4CCN(C(=O)CCC#N)CC4)c3n2)c1. The van der Waals surface area contributed by atoms with Gasteiger partial charge in [-0.2, -0.15) is 5.26 Å². The summed E-state index contributed by atoms with van der Waals surface area (Å²) in [5.41, 5.74) is 3.07. The van der Waals surface area contributed by atoms with E-state index < -0.39 is 0 Å². The highest BCUT2D eigenvalue weighted by atomic mass is 16.5. The van der Waals surface area contributed by atoms with Gasteiger partial charge in [-0.15, -0.1) is 0 Å². The van der Waals surface area contributed by atoms with Crippen LogP contribution in [0.2, 0.25) is 0 Å². The van der Waals surface area contributed by atoms with Gasteiger partial charge in [0.1, 0.15) is 11.3 Å². The van der Waals surface area contributed by atoms with Crippen LogP contribution in [0.1, 0.15) is 37.2 Å². The number of fused-ring (bicyclic) bond motifs is 1. The fourth-order valence-electron chi connectivity index (χ4n) is 3.97. The molecule has 3 heterocycles. The number of carbonyl (C=O) groups excluding carboxylic acids is 2. The van der Waals surface area contributed by atoms with E-state index in [1.807, 2.05) is 17.2 Å². The molecule has 1 aliphatic rings. The van der Waals surface area contributed by atoms with Gasteiger partial charge in [0.05, 0.1) is 12.3 Å². The summed E-state index contributed by atoms with van der Waals surface area (Å²) in [4.78, 5) is 37.8. The number of benzene rings is 1. The van der Waals surface area contributed by atoms with Gasteiger partial charge < -0.3 is 19.9 Å². The minimum atomic E-state index is -0.303. The smallest absolute Gasteiger partial charge is 0.247 e. The van der Waals surface area contributed by atoms with E-state index in [4.69, 9.17) is 10.00 Å². The van der Waals surface area contributed by atoms with Crippen LogP contribution in [0.5, 0.6) is 11.6 Å². The normalized spacial score (nSPS) is 14.0. The van der Waals surface area contributed by atoms with Crippen LogP contribution in [-0.4, -0.2) is 44.8 Å². The predicted molar refractivity (Wildman–Crippen MR) is 123 cm³/mol. The lowest BCUT2D eigenvalue weighted by Gasteiger charge is -2.31. The first kappa shape index (κ1) is 22.0. The molecular weight excluding hydrogens is 420 g/mol. The monoisotopic (exact) mass is 444 g/mol. The van der Waals surface area contributed by atoms with Crippen molar-refractivity contribution in [3.8, 4) is 17.7 Å². The third kappa shape index (κ3) is 5.18. The number of hydrogen-bond acceptors (Lipinski definition) is 6. The van der Waals surface area contributed by atoms with Crippen LogP contribution in [0.4, 0.5) is 5.69 Å². The number of amides is 2. The number of piperidine rings is 1. The summed E-state index contributed by atoms with van der Waals surface area (Å²) in [5.74, 6) is 0.853. The molecule has 0 unspecified atom stereocenters. The van der Waals surface area contributed by atoms with Gasteiger partial charge in [-0.1, -0.05) is 12.6 Å². The van der Waals surface area contributed by atoms with E-state index in [0.717, 1.165) is 23.9 Å². The van der Waals surface area contributed by atoms with Gasteiger partial charge in [-0.25, -0.2) is 9.97 Å². The van der Waals surface area contributed by atoms with Gasteiger partial charge in [0.15, 0.2) is 5.65 Å². The molecule has 9 heteroatoms. The summed E-state index contributed by atoms with van der Waals surface area (Å²) in [7, 11) is 0. The third-order valence-electron chi connectivity index (χ3n) is 5.64. The number of aromatic nitrogens is 3. The van der Waals surface area contributed by atoms with Gasteiger partial charge in [-0.05, 0) is 37.0 Å². The Hall–Kier alpha value is -4.19. The predicted octanol–water partition coefficient (Wildman–Crippen LogP) is 3.88. The second-order valence-electron chi connectivity index (χ2n) is 7.79. The summed E-state index contributed by atoms with van der Waals surface area (Å²) in [6.45, 7) is 4.77. The minimum Gasteiger partial charge on any atom is -0.437 e. The molecule has 33 heavy (non-hydrogen) atoms. The first-order valence-corrected chi connectivity index (χ1v) is 10.8. The Morgan fingerprint density at radius 1 is 1.36 bits per heavy atom. The first-order valence-electron chi connectivity index (χ1n) is 10.8. The fourth-order valence-corrected chi connectivity index (χ4v) is 3.97. The molecule has 0 atom stereocenters. The molecule has 2 aromatic heterocycles. The average molecular weight is 444 g/mol. The van der Waals surface area contributed by atoms with E-state index in [9.17, 15) is 9.59 Å². The zero-order valence-electron chi connectivity index (χ0n) is 18.1. The topological polar surface area (TPSA) is 124 Å². The summed E-state index contributed by atoms with van der Waals surface area (Å²) in [6.07, 6.45) is 6.85. The number of H-pyrrole nitrogens is 1. The van der Waals surface area contributed by atoms with Gasteiger partial charge in [0.2, 0.25) is 17.7 Å². The van der Waals surface area contributed by atoms with Crippen LogP contribution in [0.3, 0.4) is 0 Å². The second kappa shape index (κ2) is 9.96. The number of hydrogen-bond donors (Lipinski definition) is 2. The highest BCUT2D eigenvalue weighted by Gasteiger charge is 2.26. The number of nitrogens with one attached hydrogen (secondary N) is 2. The summed E-state index contributed by atoms with van der Waals surface area (Å²) < 4.78 is 5.90. The summed E-state index contributed by atoms with van der Waals surface area (Å²) in [6, 6.07) is 9.02. The number of nitriles is 1. The molecule has 2 amide bonds. The number of carbonyl (C=O) groups is 2. The molecule has 1 aromatic carbocycles. The molecule has 168 valence electrons. The average Bonchev–Trinajstić information content (AvgIpc) is 3.26. The van der Waals surface area contributed by atoms with Crippen LogP contribution >= 0.6 is 0 Å². The molecule has 0 aliphatic carbocycles. The number of anilines is 1. The van der Waals surface area contributed by atoms with E-state index >= 15 is 0 Å². The van der Waals surface area contributed by atoms with Crippen LogP contribution < -0.4 is 10.1 Å². The van der Waals surface area contributed by atoms with E-state index in [2.05, 4.69) is 26.8 Å².